The molecule has 0 unspecified atom stereocenters. The molecule has 0 bridgehead atoms. The van der Waals surface area contributed by atoms with Crippen molar-refractivity contribution in [1.29, 1.82) is 0 Å². The lowest BCUT2D eigenvalue weighted by Gasteiger charge is -2.09. The quantitative estimate of drug-likeness (QED) is 0.721. The van der Waals surface area contributed by atoms with Crippen molar-refractivity contribution in [2.45, 2.75) is 26.7 Å². The Balaban J connectivity index is 2.47. The first-order valence-electron chi connectivity index (χ1n) is 6.42. The van der Waals surface area contributed by atoms with Crippen molar-refractivity contribution in [2.24, 2.45) is 0 Å². The number of anilines is 1. The van der Waals surface area contributed by atoms with Gasteiger partial charge in [0.15, 0.2) is 0 Å². The first kappa shape index (κ1) is 15.9. The molecule has 0 aliphatic carbocycles. The highest BCUT2D eigenvalue weighted by atomic mass is 32.2. The fraction of sp³-hybridized carbons (Fsp3) is 0.538. The minimum atomic E-state index is -3.40. The summed E-state index contributed by atoms with van der Waals surface area (Å²) in [5.41, 5.74) is 0.767. The van der Waals surface area contributed by atoms with Crippen molar-refractivity contribution in [2.75, 3.05) is 23.6 Å². The zero-order chi connectivity index (χ0) is 14.3. The molecule has 0 atom stereocenters. The molecule has 1 aromatic rings. The number of nitrogens with one attached hydrogen (secondary N) is 2. The highest BCUT2D eigenvalue weighted by molar-refractivity contribution is 7.92. The van der Waals surface area contributed by atoms with Crippen molar-refractivity contribution in [1.82, 2.24) is 5.32 Å². The van der Waals surface area contributed by atoms with E-state index in [0.717, 1.165) is 19.5 Å². The molecule has 108 valence electrons. The molecule has 0 fully saturated rings. The van der Waals surface area contributed by atoms with Crippen LogP contribution in [0.4, 0.5) is 10.1 Å². The molecule has 6 heteroatoms. The van der Waals surface area contributed by atoms with Crippen LogP contribution in [0.25, 0.3) is 0 Å². The Hall–Kier alpha value is -1.14. The molecule has 0 saturated heterocycles. The lowest BCUT2D eigenvalue weighted by molar-refractivity contribution is 0.593. The zero-order valence-corrected chi connectivity index (χ0v) is 12.2. The Morgan fingerprint density at radius 3 is 2.63 bits per heavy atom. The summed E-state index contributed by atoms with van der Waals surface area (Å²) in [6.45, 7) is 5.33. The summed E-state index contributed by atoms with van der Waals surface area (Å²) in [6.07, 6.45) is 1.38. The number of hydrogen-bond donors (Lipinski definition) is 2. The van der Waals surface area contributed by atoms with E-state index in [4.69, 9.17) is 0 Å². The van der Waals surface area contributed by atoms with Gasteiger partial charge in [0.1, 0.15) is 5.82 Å². The van der Waals surface area contributed by atoms with E-state index < -0.39 is 15.8 Å². The Bertz CT molecular complexity index is 503. The van der Waals surface area contributed by atoms with Gasteiger partial charge in [-0.2, -0.15) is 0 Å². The van der Waals surface area contributed by atoms with Gasteiger partial charge in [-0.3, -0.25) is 4.72 Å². The first-order chi connectivity index (χ1) is 8.94. The third kappa shape index (κ3) is 6.02. The van der Waals surface area contributed by atoms with Crippen LogP contribution in [0.5, 0.6) is 0 Å². The third-order valence-electron chi connectivity index (χ3n) is 2.71. The van der Waals surface area contributed by atoms with Crippen LogP contribution in [0.2, 0.25) is 0 Å². The summed E-state index contributed by atoms with van der Waals surface area (Å²) in [5.74, 6) is -0.360. The van der Waals surface area contributed by atoms with Gasteiger partial charge in [0, 0.05) is 0 Å². The predicted molar refractivity (Wildman–Crippen MR) is 76.3 cm³/mol. The van der Waals surface area contributed by atoms with Crippen LogP contribution in [0.3, 0.4) is 0 Å². The SMILES string of the molecule is CCNCCCCS(=O)(=O)Nc1ccc(C)c(F)c1. The van der Waals surface area contributed by atoms with Crippen LogP contribution in [0.1, 0.15) is 25.3 Å². The van der Waals surface area contributed by atoms with Crippen LogP contribution in [0.15, 0.2) is 18.2 Å². The van der Waals surface area contributed by atoms with Gasteiger partial charge in [0.2, 0.25) is 10.0 Å². The molecular formula is C13H21FN2O2S. The van der Waals surface area contributed by atoms with Gasteiger partial charge in [-0.1, -0.05) is 13.0 Å². The van der Waals surface area contributed by atoms with E-state index in [9.17, 15) is 12.8 Å². The molecule has 1 aromatic carbocycles. The van der Waals surface area contributed by atoms with E-state index in [1.54, 1.807) is 19.1 Å². The first-order valence-corrected chi connectivity index (χ1v) is 8.07. The topological polar surface area (TPSA) is 58.2 Å². The van der Waals surface area contributed by atoms with Gasteiger partial charge >= 0.3 is 0 Å². The van der Waals surface area contributed by atoms with Gasteiger partial charge in [0.25, 0.3) is 0 Å². The van der Waals surface area contributed by atoms with E-state index in [0.29, 0.717) is 12.0 Å². The molecule has 4 nitrogen and oxygen atoms in total. The molecular weight excluding hydrogens is 267 g/mol. The lowest BCUT2D eigenvalue weighted by atomic mass is 10.2. The zero-order valence-electron chi connectivity index (χ0n) is 11.4. The summed E-state index contributed by atoms with van der Waals surface area (Å²) in [5, 5.41) is 3.13. The second-order valence-corrected chi connectivity index (χ2v) is 6.29. The van der Waals surface area contributed by atoms with E-state index in [2.05, 4.69) is 10.0 Å². The van der Waals surface area contributed by atoms with Crippen molar-refractivity contribution in [3.8, 4) is 0 Å². The second-order valence-electron chi connectivity index (χ2n) is 4.45. The molecule has 0 aromatic heterocycles. The normalized spacial score (nSPS) is 11.5. The summed E-state index contributed by atoms with van der Waals surface area (Å²) in [6, 6.07) is 4.32. The van der Waals surface area contributed by atoms with E-state index in [-0.39, 0.29) is 11.4 Å². The highest BCUT2D eigenvalue weighted by Crippen LogP contribution is 2.15. The molecule has 0 amide bonds. The minimum absolute atomic E-state index is 0.0495. The van der Waals surface area contributed by atoms with Crippen LogP contribution < -0.4 is 10.0 Å². The summed E-state index contributed by atoms with van der Waals surface area (Å²) >= 11 is 0. The largest absolute Gasteiger partial charge is 0.317 e. The standard InChI is InChI=1S/C13H21FN2O2S/c1-3-15-8-4-5-9-19(17,18)16-12-7-6-11(2)13(14)10-12/h6-7,10,15-16H,3-5,8-9H2,1-2H3. The maximum atomic E-state index is 13.3. The Morgan fingerprint density at radius 2 is 2.00 bits per heavy atom. The number of aryl methyl sites for hydroxylation is 1. The Labute approximate surface area is 114 Å². The average Bonchev–Trinajstić information content (AvgIpc) is 2.33. The number of benzene rings is 1. The number of hydrogen-bond acceptors (Lipinski definition) is 3. The second kappa shape index (κ2) is 7.45. The van der Waals surface area contributed by atoms with Gasteiger partial charge in [0.05, 0.1) is 11.4 Å². The van der Waals surface area contributed by atoms with E-state index in [1.165, 1.54) is 6.07 Å². The van der Waals surface area contributed by atoms with Crippen LogP contribution in [0, 0.1) is 12.7 Å². The number of rotatable bonds is 8. The molecule has 0 spiro atoms. The maximum Gasteiger partial charge on any atom is 0.232 e. The van der Waals surface area contributed by atoms with Crippen molar-refractivity contribution < 1.29 is 12.8 Å². The van der Waals surface area contributed by atoms with Crippen LogP contribution in [-0.4, -0.2) is 27.3 Å². The number of sulfonamides is 1. The molecule has 1 rings (SSSR count). The van der Waals surface area contributed by atoms with Crippen molar-refractivity contribution >= 4 is 15.7 Å². The Kier molecular flexibility index (Phi) is 6.24. The maximum absolute atomic E-state index is 13.3. The van der Waals surface area contributed by atoms with Gasteiger partial charge in [-0.25, -0.2) is 12.8 Å². The molecule has 0 radical (unpaired) electrons. The summed E-state index contributed by atoms with van der Waals surface area (Å²) < 4.78 is 39.2. The van der Waals surface area contributed by atoms with E-state index >= 15 is 0 Å². The van der Waals surface area contributed by atoms with Crippen molar-refractivity contribution in [3.05, 3.63) is 29.6 Å². The highest BCUT2D eigenvalue weighted by Gasteiger charge is 2.10. The van der Waals surface area contributed by atoms with Crippen LogP contribution >= 0.6 is 0 Å². The van der Waals surface area contributed by atoms with Crippen LogP contribution in [-0.2, 0) is 10.0 Å². The average molecular weight is 288 g/mol. The molecule has 0 saturated carbocycles. The minimum Gasteiger partial charge on any atom is -0.317 e. The number of unbranched alkanes of at least 4 members (excludes halogenated alkanes) is 1. The molecule has 0 heterocycles. The fourth-order valence-corrected chi connectivity index (χ4v) is 2.78. The predicted octanol–water partition coefficient (Wildman–Crippen LogP) is 2.27. The lowest BCUT2D eigenvalue weighted by Crippen LogP contribution is -2.19. The molecule has 19 heavy (non-hydrogen) atoms. The van der Waals surface area contributed by atoms with Gasteiger partial charge in [-0.05, 0) is 50.6 Å². The van der Waals surface area contributed by atoms with Crippen molar-refractivity contribution in [3.63, 3.8) is 0 Å². The number of halogens is 1. The molecule has 2 N–H and O–H groups in total. The Morgan fingerprint density at radius 1 is 1.26 bits per heavy atom. The summed E-state index contributed by atoms with van der Waals surface area (Å²) in [7, 11) is -3.40. The third-order valence-corrected chi connectivity index (χ3v) is 4.08. The monoisotopic (exact) mass is 288 g/mol. The van der Waals surface area contributed by atoms with Gasteiger partial charge < -0.3 is 5.32 Å². The molecule has 0 aliphatic heterocycles. The smallest absolute Gasteiger partial charge is 0.232 e. The van der Waals surface area contributed by atoms with E-state index in [1.807, 2.05) is 6.92 Å². The summed E-state index contributed by atoms with van der Waals surface area (Å²) in [4.78, 5) is 0. The van der Waals surface area contributed by atoms with Gasteiger partial charge in [-0.15, -0.1) is 0 Å². The fourth-order valence-electron chi connectivity index (χ4n) is 1.61. The molecule has 0 aliphatic rings.